The van der Waals surface area contributed by atoms with Crippen molar-refractivity contribution >= 4 is 54.7 Å². The minimum Gasteiger partial charge on any atom is -0.495 e. The van der Waals surface area contributed by atoms with Crippen LogP contribution in [0.15, 0.2) is 94.6 Å². The number of aromatic nitrogens is 4. The number of halogens is 4. The summed E-state index contributed by atoms with van der Waals surface area (Å²) in [5, 5.41) is 13.6. The number of anilines is 3. The third kappa shape index (κ3) is 14.8. The van der Waals surface area contributed by atoms with Crippen LogP contribution in [0.5, 0.6) is 11.5 Å². The van der Waals surface area contributed by atoms with Gasteiger partial charge in [-0.3, -0.25) is 4.79 Å². The number of nitrogens with zero attached hydrogens (tertiary/aromatic N) is 5. The molecule has 78 heavy (non-hydrogen) atoms. The first kappa shape index (κ1) is 56.8. The lowest BCUT2D eigenvalue weighted by molar-refractivity contribution is -0.140. The lowest BCUT2D eigenvalue weighted by Gasteiger charge is -2.33. The Morgan fingerprint density at radius 1 is 0.936 bits per heavy atom. The number of alkyl halides is 4. The molecule has 3 aromatic heterocycles. The number of hydrogen-bond donors (Lipinski definition) is 4. The number of amides is 1. The van der Waals surface area contributed by atoms with Gasteiger partial charge in [0.1, 0.15) is 35.5 Å². The third-order valence-electron chi connectivity index (χ3n) is 13.0. The molecule has 0 saturated carbocycles. The molecule has 0 bridgehead atoms. The van der Waals surface area contributed by atoms with Crippen molar-refractivity contribution in [3.05, 3.63) is 108 Å². The van der Waals surface area contributed by atoms with E-state index in [9.17, 15) is 30.8 Å². The van der Waals surface area contributed by atoms with Crippen molar-refractivity contribution in [3.63, 3.8) is 0 Å². The molecule has 18 nitrogen and oxygen atoms in total. The van der Waals surface area contributed by atoms with Crippen LogP contribution < -0.4 is 31.2 Å². The van der Waals surface area contributed by atoms with E-state index in [1.807, 2.05) is 60.7 Å². The number of rotatable bonds is 25. The Morgan fingerprint density at radius 2 is 1.71 bits per heavy atom. The first-order chi connectivity index (χ1) is 37.5. The molecule has 1 amide bonds. The number of nitrogens with two attached hydrogens (primary N) is 1. The van der Waals surface area contributed by atoms with Crippen LogP contribution in [0.3, 0.4) is 0 Å². The van der Waals surface area contributed by atoms with Crippen molar-refractivity contribution < 1.29 is 59.0 Å². The quantitative estimate of drug-likeness (QED) is 0.0190. The van der Waals surface area contributed by atoms with E-state index in [1.165, 1.54) is 25.3 Å². The van der Waals surface area contributed by atoms with E-state index in [0.29, 0.717) is 64.5 Å². The highest BCUT2D eigenvalue weighted by Gasteiger charge is 2.31. The molecule has 1 saturated heterocycles. The SMILES string of the molecule is COc1cc(S(=O)(=O)CCOCCOCCOCCNC(=O)COc2cccc(Cn3cnc4c(N)cc(-c5c(C)noc5C)cc43)c2)ccc1NCC#Cc1cc2c(N[C@@H]3CCN(C)C[C@@H]3F)cccc2n1CC(F)(F)F. The molecule has 0 unspecified atom stereocenters. The highest BCUT2D eigenvalue weighted by molar-refractivity contribution is 7.91. The second-order valence-electron chi connectivity index (χ2n) is 18.8. The maximum atomic E-state index is 14.9. The fraction of sp³-hybridized carbons (Fsp3) is 0.400. The predicted octanol–water partition coefficient (Wildman–Crippen LogP) is 7.40. The molecule has 2 atom stereocenters. The van der Waals surface area contributed by atoms with E-state index in [4.69, 9.17) is 33.9 Å². The topological polar surface area (TPSA) is 211 Å². The summed E-state index contributed by atoms with van der Waals surface area (Å²) in [6.45, 7) is 5.04. The molecule has 1 aliphatic heterocycles. The molecule has 23 heteroatoms. The number of aryl methyl sites for hydroxylation is 2. The summed E-state index contributed by atoms with van der Waals surface area (Å²) in [5.41, 5.74) is 13.4. The molecule has 8 rings (SSSR count). The van der Waals surface area contributed by atoms with Gasteiger partial charge in [-0.15, -0.1) is 0 Å². The van der Waals surface area contributed by atoms with Crippen LogP contribution in [0, 0.1) is 25.7 Å². The predicted molar refractivity (Wildman–Crippen MR) is 288 cm³/mol. The highest BCUT2D eigenvalue weighted by Crippen LogP contribution is 2.35. The van der Waals surface area contributed by atoms with Gasteiger partial charge in [-0.1, -0.05) is 29.3 Å². The molecular formula is C55H63F4N9O9S. The van der Waals surface area contributed by atoms with Gasteiger partial charge in [-0.05, 0) is 99.0 Å². The number of piperidine rings is 1. The molecule has 0 radical (unpaired) electrons. The van der Waals surface area contributed by atoms with Crippen LogP contribution in [0.2, 0.25) is 0 Å². The number of nitrogens with one attached hydrogen (secondary N) is 3. The van der Waals surface area contributed by atoms with Crippen LogP contribution in [-0.2, 0) is 41.9 Å². The monoisotopic (exact) mass is 1100 g/mol. The molecule has 0 spiro atoms. The minimum atomic E-state index is -4.53. The zero-order valence-electron chi connectivity index (χ0n) is 43.8. The first-order valence-electron chi connectivity index (χ1n) is 25.3. The fourth-order valence-corrected chi connectivity index (χ4v) is 10.3. The summed E-state index contributed by atoms with van der Waals surface area (Å²) in [4.78, 5) is 18.9. The maximum absolute atomic E-state index is 14.9. The first-order valence-corrected chi connectivity index (χ1v) is 26.9. The summed E-state index contributed by atoms with van der Waals surface area (Å²) >= 11 is 0. The summed E-state index contributed by atoms with van der Waals surface area (Å²) in [6.07, 6.45) is -3.39. The zero-order chi connectivity index (χ0) is 55.4. The van der Waals surface area contributed by atoms with Gasteiger partial charge in [0.2, 0.25) is 0 Å². The summed E-state index contributed by atoms with van der Waals surface area (Å²) < 4.78 is 119. The van der Waals surface area contributed by atoms with E-state index in [-0.39, 0.29) is 93.9 Å². The summed E-state index contributed by atoms with van der Waals surface area (Å²) in [5.74, 6) is 6.57. The number of likely N-dealkylation sites (tertiary alicyclic amines) is 1. The second-order valence-corrected chi connectivity index (χ2v) is 20.9. The highest BCUT2D eigenvalue weighted by atomic mass is 32.2. The van der Waals surface area contributed by atoms with Crippen LogP contribution in [-0.4, -0.2) is 149 Å². The second kappa shape index (κ2) is 25.9. The number of nitrogen functional groups attached to an aromatic ring is 1. The minimum absolute atomic E-state index is 0.00586. The maximum Gasteiger partial charge on any atom is 0.406 e. The number of sulfone groups is 1. The van der Waals surface area contributed by atoms with E-state index in [1.54, 1.807) is 36.7 Å². The average Bonchev–Trinajstić information content (AvgIpc) is 4.14. The van der Waals surface area contributed by atoms with Crippen molar-refractivity contribution in [2.75, 3.05) is 109 Å². The Kier molecular flexibility index (Phi) is 18.8. The van der Waals surface area contributed by atoms with Gasteiger partial charge in [0.05, 0.1) is 110 Å². The van der Waals surface area contributed by atoms with Crippen molar-refractivity contribution in [2.24, 2.45) is 0 Å². The Hall–Kier alpha value is -7.36. The molecular weight excluding hydrogens is 1040 g/mol. The van der Waals surface area contributed by atoms with Gasteiger partial charge >= 0.3 is 6.18 Å². The number of methoxy groups -OCH3 is 1. The molecule has 1 fully saturated rings. The Morgan fingerprint density at radius 3 is 2.45 bits per heavy atom. The number of imidazole rings is 1. The lowest BCUT2D eigenvalue weighted by Crippen LogP contribution is -2.46. The Bertz CT molecular complexity index is 3350. The van der Waals surface area contributed by atoms with E-state index < -0.39 is 34.8 Å². The number of benzene rings is 4. The van der Waals surface area contributed by atoms with Crippen LogP contribution in [0.4, 0.5) is 34.6 Å². The average molecular weight is 1100 g/mol. The molecule has 416 valence electrons. The van der Waals surface area contributed by atoms with Crippen LogP contribution in [0.1, 0.15) is 29.1 Å². The van der Waals surface area contributed by atoms with E-state index in [2.05, 4.69) is 37.9 Å². The third-order valence-corrected chi connectivity index (χ3v) is 14.7. The van der Waals surface area contributed by atoms with Crippen LogP contribution >= 0.6 is 0 Å². The van der Waals surface area contributed by atoms with Gasteiger partial charge in [-0.2, -0.15) is 13.2 Å². The lowest BCUT2D eigenvalue weighted by atomic mass is 10.0. The molecule has 4 heterocycles. The van der Waals surface area contributed by atoms with Crippen molar-refractivity contribution in [1.82, 2.24) is 29.5 Å². The number of ether oxygens (including phenoxy) is 5. The van der Waals surface area contributed by atoms with Gasteiger partial charge in [-0.25, -0.2) is 17.8 Å². The van der Waals surface area contributed by atoms with Crippen molar-refractivity contribution in [1.29, 1.82) is 0 Å². The largest absolute Gasteiger partial charge is 0.495 e. The Balaban J connectivity index is 0.702. The zero-order valence-corrected chi connectivity index (χ0v) is 44.6. The molecule has 0 aliphatic carbocycles. The van der Waals surface area contributed by atoms with Gasteiger partial charge in [0, 0.05) is 48.9 Å². The normalized spacial score (nSPS) is 15.1. The molecule has 5 N–H and O–H groups in total. The number of carbonyl (C=O) groups is 1. The molecule has 7 aromatic rings. The standard InChI is InChI=1S/C55H63F4N9O9S/c1-36-53(37(2)77-65-36)39-27-45(60)54-50(28-39)67(35-63-54)31-38-8-5-10-41(26-38)76-33-52(69)62-17-19-73-20-21-74-22-23-75-24-25-78(70,71)42-13-14-48(51(30-42)72-4)61-16-7-9-40-29-43-46(64-47-15-18-66(3)32-44(47)56)11-6-12-49(43)68(40)34-55(57,58)59/h5-6,8,10-14,26-30,35,44,47,61,64H,15-25,31-34,60H2,1-4H3,(H,62,69)/t44-,47+/m0/s1. The molecule has 4 aromatic carbocycles. The number of hydrogen-bond acceptors (Lipinski definition) is 15. The van der Waals surface area contributed by atoms with E-state index >= 15 is 0 Å². The van der Waals surface area contributed by atoms with E-state index in [0.717, 1.165) is 32.5 Å². The van der Waals surface area contributed by atoms with Gasteiger partial charge in [0.15, 0.2) is 16.4 Å². The smallest absolute Gasteiger partial charge is 0.406 e. The van der Waals surface area contributed by atoms with Crippen molar-refractivity contribution in [2.45, 2.75) is 56.6 Å². The van der Waals surface area contributed by atoms with Gasteiger partial charge < -0.3 is 63.9 Å². The van der Waals surface area contributed by atoms with Crippen molar-refractivity contribution in [3.8, 4) is 34.5 Å². The molecule has 1 aliphatic rings. The fourth-order valence-electron chi connectivity index (χ4n) is 9.14. The number of carbonyl (C=O) groups excluding carboxylic acids is 1. The Labute approximate surface area is 449 Å². The van der Waals surface area contributed by atoms with Gasteiger partial charge in [0.25, 0.3) is 5.91 Å². The summed E-state index contributed by atoms with van der Waals surface area (Å²) in [7, 11) is -0.550. The summed E-state index contributed by atoms with van der Waals surface area (Å²) in [6, 6.07) is 21.7. The number of fused-ring (bicyclic) bond motifs is 2. The van der Waals surface area contributed by atoms with Crippen LogP contribution in [0.25, 0.3) is 33.1 Å².